The number of hydrogen-bond acceptors (Lipinski definition) is 0. The molecule has 0 bridgehead atoms. The largest absolute Gasteiger partial charge is 0.120 e. The van der Waals surface area contributed by atoms with Gasteiger partial charge in [-0.15, -0.1) is 12.3 Å². The average Bonchev–Trinajstić information content (AvgIpc) is 2.05. The first-order valence-electron chi connectivity index (χ1n) is 4.70. The highest BCUT2D eigenvalue weighted by Crippen LogP contribution is 2.32. The molecule has 0 aromatic heterocycles. The molecule has 0 amide bonds. The van der Waals surface area contributed by atoms with Gasteiger partial charge >= 0.3 is 0 Å². The smallest absolute Gasteiger partial charge is 0.0200 e. The van der Waals surface area contributed by atoms with Crippen LogP contribution >= 0.6 is 0 Å². The summed E-state index contributed by atoms with van der Waals surface area (Å²) in [5, 5.41) is 0. The van der Waals surface area contributed by atoms with Gasteiger partial charge in [0, 0.05) is 5.92 Å². The van der Waals surface area contributed by atoms with E-state index >= 15 is 0 Å². The van der Waals surface area contributed by atoms with Crippen LogP contribution in [0.3, 0.4) is 0 Å². The normalized spacial score (nSPS) is 31.8. The van der Waals surface area contributed by atoms with E-state index in [1.54, 1.807) is 0 Å². The molecule has 62 valence electrons. The highest BCUT2D eigenvalue weighted by molar-refractivity contribution is 4.95. The van der Waals surface area contributed by atoms with Crippen molar-refractivity contribution in [3.63, 3.8) is 0 Å². The van der Waals surface area contributed by atoms with E-state index in [0.717, 1.165) is 11.8 Å². The summed E-state index contributed by atoms with van der Waals surface area (Å²) in [6.07, 6.45) is 10.6. The molecule has 1 rings (SSSR count). The Hall–Kier alpha value is -0.440. The second-order valence-corrected chi connectivity index (χ2v) is 4.02. The van der Waals surface area contributed by atoms with Crippen molar-refractivity contribution in [1.82, 2.24) is 0 Å². The molecule has 0 heterocycles. The van der Waals surface area contributed by atoms with Crippen LogP contribution in [-0.4, -0.2) is 0 Å². The van der Waals surface area contributed by atoms with Crippen molar-refractivity contribution in [1.29, 1.82) is 0 Å². The molecule has 0 atom stereocenters. The minimum absolute atomic E-state index is 0.588. The molecule has 0 radical (unpaired) electrons. The molecule has 0 aromatic carbocycles. The molecular weight excluding hydrogens is 132 g/mol. The first-order chi connectivity index (χ1) is 5.24. The van der Waals surface area contributed by atoms with Crippen molar-refractivity contribution in [3.05, 3.63) is 0 Å². The fourth-order valence-corrected chi connectivity index (χ4v) is 1.95. The topological polar surface area (TPSA) is 0 Å². The first kappa shape index (κ1) is 8.65. The van der Waals surface area contributed by atoms with Crippen LogP contribution in [0.2, 0.25) is 0 Å². The summed E-state index contributed by atoms with van der Waals surface area (Å²) in [7, 11) is 0. The van der Waals surface area contributed by atoms with E-state index in [1.165, 1.54) is 25.7 Å². The molecule has 0 unspecified atom stereocenters. The van der Waals surface area contributed by atoms with Gasteiger partial charge in [0.05, 0.1) is 0 Å². The quantitative estimate of drug-likeness (QED) is 0.504. The number of terminal acetylenes is 1. The highest BCUT2D eigenvalue weighted by atomic mass is 14.3. The summed E-state index contributed by atoms with van der Waals surface area (Å²) in [5.41, 5.74) is 0. The van der Waals surface area contributed by atoms with Gasteiger partial charge < -0.3 is 0 Å². The molecule has 0 nitrogen and oxygen atoms in total. The Bertz CT molecular complexity index is 142. The van der Waals surface area contributed by atoms with Crippen molar-refractivity contribution in [2.24, 2.45) is 17.8 Å². The van der Waals surface area contributed by atoms with E-state index in [9.17, 15) is 0 Å². The van der Waals surface area contributed by atoms with Gasteiger partial charge in [-0.05, 0) is 37.5 Å². The SMILES string of the molecule is C#CC1CCC(C(C)C)CC1. The van der Waals surface area contributed by atoms with Crippen molar-refractivity contribution in [3.8, 4) is 12.3 Å². The van der Waals surface area contributed by atoms with Crippen molar-refractivity contribution in [2.45, 2.75) is 39.5 Å². The lowest BCUT2D eigenvalue weighted by Crippen LogP contribution is -2.17. The molecule has 0 aromatic rings. The maximum Gasteiger partial charge on any atom is 0.0200 e. The van der Waals surface area contributed by atoms with Gasteiger partial charge in [0.2, 0.25) is 0 Å². The van der Waals surface area contributed by atoms with Gasteiger partial charge in [0.15, 0.2) is 0 Å². The fraction of sp³-hybridized carbons (Fsp3) is 0.818. The van der Waals surface area contributed by atoms with E-state index in [4.69, 9.17) is 6.42 Å². The Labute approximate surface area is 70.4 Å². The molecule has 11 heavy (non-hydrogen) atoms. The minimum Gasteiger partial charge on any atom is -0.120 e. The fourth-order valence-electron chi connectivity index (χ4n) is 1.95. The zero-order valence-electron chi connectivity index (χ0n) is 7.64. The standard InChI is InChI=1S/C11H18/c1-4-10-5-7-11(8-6-10)9(2)3/h1,9-11H,5-8H2,2-3H3. The van der Waals surface area contributed by atoms with Gasteiger partial charge in [-0.2, -0.15) is 0 Å². The zero-order valence-corrected chi connectivity index (χ0v) is 7.64. The third-order valence-electron chi connectivity index (χ3n) is 2.95. The molecule has 1 aliphatic rings. The summed E-state index contributed by atoms with van der Waals surface area (Å²) < 4.78 is 0. The van der Waals surface area contributed by atoms with Crippen LogP contribution < -0.4 is 0 Å². The van der Waals surface area contributed by atoms with Crippen LogP contribution in [0.1, 0.15) is 39.5 Å². The molecule has 0 N–H and O–H groups in total. The second kappa shape index (κ2) is 3.81. The third kappa shape index (κ3) is 2.26. The van der Waals surface area contributed by atoms with Crippen molar-refractivity contribution < 1.29 is 0 Å². The minimum atomic E-state index is 0.588. The molecule has 0 heteroatoms. The maximum atomic E-state index is 5.37. The zero-order chi connectivity index (χ0) is 8.27. The Morgan fingerprint density at radius 2 is 1.73 bits per heavy atom. The van der Waals surface area contributed by atoms with Gasteiger partial charge in [-0.1, -0.05) is 13.8 Å². The first-order valence-corrected chi connectivity index (χ1v) is 4.70. The Morgan fingerprint density at radius 3 is 2.09 bits per heavy atom. The lowest BCUT2D eigenvalue weighted by molar-refractivity contribution is 0.252. The summed E-state index contributed by atoms with van der Waals surface area (Å²) in [6, 6.07) is 0. The Balaban J connectivity index is 2.31. The molecule has 1 saturated carbocycles. The summed E-state index contributed by atoms with van der Waals surface area (Å²) >= 11 is 0. The van der Waals surface area contributed by atoms with Crippen molar-refractivity contribution >= 4 is 0 Å². The molecule has 1 fully saturated rings. The lowest BCUT2D eigenvalue weighted by Gasteiger charge is -2.28. The Morgan fingerprint density at radius 1 is 1.18 bits per heavy atom. The number of hydrogen-bond donors (Lipinski definition) is 0. The van der Waals surface area contributed by atoms with Crippen LogP contribution in [0.5, 0.6) is 0 Å². The van der Waals surface area contributed by atoms with E-state index in [0.29, 0.717) is 5.92 Å². The van der Waals surface area contributed by atoms with Gasteiger partial charge in [0.1, 0.15) is 0 Å². The van der Waals surface area contributed by atoms with Crippen LogP contribution in [-0.2, 0) is 0 Å². The molecule has 0 aliphatic heterocycles. The van der Waals surface area contributed by atoms with E-state index in [2.05, 4.69) is 19.8 Å². The van der Waals surface area contributed by atoms with Gasteiger partial charge in [-0.25, -0.2) is 0 Å². The predicted molar refractivity (Wildman–Crippen MR) is 49.1 cm³/mol. The van der Waals surface area contributed by atoms with Crippen LogP contribution in [0.25, 0.3) is 0 Å². The molecular formula is C11H18. The van der Waals surface area contributed by atoms with Gasteiger partial charge in [0.25, 0.3) is 0 Å². The highest BCUT2D eigenvalue weighted by Gasteiger charge is 2.21. The number of rotatable bonds is 1. The lowest BCUT2D eigenvalue weighted by atomic mass is 9.77. The van der Waals surface area contributed by atoms with Crippen LogP contribution in [0, 0.1) is 30.1 Å². The van der Waals surface area contributed by atoms with E-state index in [1.807, 2.05) is 0 Å². The third-order valence-corrected chi connectivity index (χ3v) is 2.95. The summed E-state index contributed by atoms with van der Waals surface area (Å²) in [6.45, 7) is 4.64. The van der Waals surface area contributed by atoms with Crippen LogP contribution in [0.15, 0.2) is 0 Å². The van der Waals surface area contributed by atoms with Crippen LogP contribution in [0.4, 0.5) is 0 Å². The summed E-state index contributed by atoms with van der Waals surface area (Å²) in [5.74, 6) is 5.25. The monoisotopic (exact) mass is 150 g/mol. The molecule has 0 spiro atoms. The maximum absolute atomic E-state index is 5.37. The molecule has 0 saturated heterocycles. The Kier molecular flexibility index (Phi) is 3.00. The van der Waals surface area contributed by atoms with E-state index in [-0.39, 0.29) is 0 Å². The van der Waals surface area contributed by atoms with Crippen molar-refractivity contribution in [2.75, 3.05) is 0 Å². The predicted octanol–water partition coefficient (Wildman–Crippen LogP) is 3.08. The van der Waals surface area contributed by atoms with Gasteiger partial charge in [-0.3, -0.25) is 0 Å². The second-order valence-electron chi connectivity index (χ2n) is 4.02. The average molecular weight is 150 g/mol. The summed E-state index contributed by atoms with van der Waals surface area (Å²) in [4.78, 5) is 0. The van der Waals surface area contributed by atoms with E-state index < -0.39 is 0 Å². The molecule has 1 aliphatic carbocycles.